The molecule has 2 atom stereocenters. The Morgan fingerprint density at radius 1 is 1.00 bits per heavy atom. The molecule has 22 heavy (non-hydrogen) atoms. The Labute approximate surface area is 128 Å². The molecule has 1 aliphatic carbocycles. The molecule has 1 aromatic rings. The van der Waals surface area contributed by atoms with E-state index in [1.54, 1.807) is 30.3 Å². The second-order valence-electron chi connectivity index (χ2n) is 5.21. The van der Waals surface area contributed by atoms with Crippen LogP contribution in [0.15, 0.2) is 36.4 Å². The standard InChI is InChI=1S/C16H18N2O4/c1-10(19)17-13-8-4-5-9-14(13)18-15(20)11-6-2-3-7-12(11)16(21)22/h2-5,8-9,11-12H,6-7H2,1H3,(H,17,19)(H,18,20)(H,21,22)/t11-,12-/m1/s1. The van der Waals surface area contributed by atoms with E-state index in [-0.39, 0.29) is 11.8 Å². The van der Waals surface area contributed by atoms with Crippen LogP contribution in [0, 0.1) is 11.8 Å². The van der Waals surface area contributed by atoms with Gasteiger partial charge in [0.25, 0.3) is 0 Å². The lowest BCUT2D eigenvalue weighted by Gasteiger charge is -2.24. The number of nitrogens with one attached hydrogen (secondary N) is 2. The smallest absolute Gasteiger partial charge is 0.307 e. The zero-order valence-electron chi connectivity index (χ0n) is 12.2. The van der Waals surface area contributed by atoms with Crippen molar-refractivity contribution < 1.29 is 19.5 Å². The largest absolute Gasteiger partial charge is 0.481 e. The summed E-state index contributed by atoms with van der Waals surface area (Å²) < 4.78 is 0. The van der Waals surface area contributed by atoms with Crippen LogP contribution in [-0.2, 0) is 14.4 Å². The predicted molar refractivity (Wildman–Crippen MR) is 82.4 cm³/mol. The number of carboxylic acids is 1. The summed E-state index contributed by atoms with van der Waals surface area (Å²) in [6, 6.07) is 6.81. The Bertz CT molecular complexity index is 624. The monoisotopic (exact) mass is 302 g/mol. The lowest BCUT2D eigenvalue weighted by atomic mass is 9.82. The number of benzene rings is 1. The first-order chi connectivity index (χ1) is 10.5. The molecule has 6 heteroatoms. The van der Waals surface area contributed by atoms with Crippen molar-refractivity contribution in [2.45, 2.75) is 19.8 Å². The molecule has 0 saturated heterocycles. The van der Waals surface area contributed by atoms with Gasteiger partial charge in [-0.25, -0.2) is 0 Å². The molecule has 0 bridgehead atoms. The SMILES string of the molecule is CC(=O)Nc1ccccc1NC(=O)[C@@H]1CC=CC[C@H]1C(=O)O. The lowest BCUT2D eigenvalue weighted by Crippen LogP contribution is -2.34. The topological polar surface area (TPSA) is 95.5 Å². The number of amides is 2. The first-order valence-electron chi connectivity index (χ1n) is 7.04. The van der Waals surface area contributed by atoms with Gasteiger partial charge in [0.15, 0.2) is 0 Å². The van der Waals surface area contributed by atoms with Crippen LogP contribution in [-0.4, -0.2) is 22.9 Å². The molecule has 0 fully saturated rings. The summed E-state index contributed by atoms with van der Waals surface area (Å²) in [6.07, 6.45) is 4.35. The van der Waals surface area contributed by atoms with Gasteiger partial charge in [0.1, 0.15) is 0 Å². The van der Waals surface area contributed by atoms with Gasteiger partial charge < -0.3 is 15.7 Å². The zero-order valence-corrected chi connectivity index (χ0v) is 12.2. The van der Waals surface area contributed by atoms with E-state index in [9.17, 15) is 19.5 Å². The van der Waals surface area contributed by atoms with E-state index in [4.69, 9.17) is 0 Å². The molecule has 0 aliphatic heterocycles. The number of hydrogen-bond donors (Lipinski definition) is 3. The molecule has 2 rings (SSSR count). The normalized spacial score (nSPS) is 20.2. The maximum atomic E-state index is 12.4. The number of carbonyl (C=O) groups excluding carboxylic acids is 2. The van der Waals surface area contributed by atoms with Crippen LogP contribution in [0.4, 0.5) is 11.4 Å². The lowest BCUT2D eigenvalue weighted by molar-refractivity contribution is -0.146. The minimum absolute atomic E-state index is 0.245. The van der Waals surface area contributed by atoms with Gasteiger partial charge in [0, 0.05) is 6.92 Å². The Hall–Kier alpha value is -2.63. The number of anilines is 2. The Morgan fingerprint density at radius 2 is 1.55 bits per heavy atom. The van der Waals surface area contributed by atoms with Crippen molar-refractivity contribution in [1.29, 1.82) is 0 Å². The number of hydrogen-bond acceptors (Lipinski definition) is 3. The van der Waals surface area contributed by atoms with Crippen molar-refractivity contribution in [3.05, 3.63) is 36.4 Å². The van der Waals surface area contributed by atoms with Crippen LogP contribution in [0.25, 0.3) is 0 Å². The third-order valence-electron chi connectivity index (χ3n) is 3.58. The van der Waals surface area contributed by atoms with Gasteiger partial charge in [-0.05, 0) is 25.0 Å². The molecule has 1 aliphatic rings. The summed E-state index contributed by atoms with van der Waals surface area (Å²) in [5, 5.41) is 14.6. The second-order valence-corrected chi connectivity index (χ2v) is 5.21. The van der Waals surface area contributed by atoms with Gasteiger partial charge >= 0.3 is 5.97 Å². The predicted octanol–water partition coefficient (Wildman–Crippen LogP) is 2.25. The fraction of sp³-hybridized carbons (Fsp3) is 0.312. The Morgan fingerprint density at radius 3 is 2.09 bits per heavy atom. The van der Waals surface area contributed by atoms with Gasteiger partial charge in [-0.1, -0.05) is 24.3 Å². The molecule has 0 spiro atoms. The van der Waals surface area contributed by atoms with Crippen LogP contribution in [0.1, 0.15) is 19.8 Å². The molecule has 0 unspecified atom stereocenters. The van der Waals surface area contributed by atoms with E-state index in [2.05, 4.69) is 10.6 Å². The van der Waals surface area contributed by atoms with E-state index in [0.717, 1.165) is 0 Å². The van der Waals surface area contributed by atoms with Crippen molar-refractivity contribution in [2.24, 2.45) is 11.8 Å². The molecule has 3 N–H and O–H groups in total. The summed E-state index contributed by atoms with van der Waals surface area (Å²) >= 11 is 0. The van der Waals surface area contributed by atoms with Gasteiger partial charge in [-0.15, -0.1) is 0 Å². The first-order valence-corrected chi connectivity index (χ1v) is 7.04. The minimum atomic E-state index is -0.973. The molecule has 2 amide bonds. The fourth-order valence-electron chi connectivity index (χ4n) is 2.49. The maximum Gasteiger partial charge on any atom is 0.307 e. The highest BCUT2D eigenvalue weighted by molar-refractivity contribution is 6.00. The van der Waals surface area contributed by atoms with Crippen molar-refractivity contribution >= 4 is 29.2 Å². The molecule has 0 aromatic heterocycles. The number of para-hydroxylation sites is 2. The van der Waals surface area contributed by atoms with E-state index in [0.29, 0.717) is 24.2 Å². The third-order valence-corrected chi connectivity index (χ3v) is 3.58. The maximum absolute atomic E-state index is 12.4. The minimum Gasteiger partial charge on any atom is -0.481 e. The summed E-state index contributed by atoms with van der Waals surface area (Å²) in [4.78, 5) is 34.8. The number of carbonyl (C=O) groups is 3. The van der Waals surface area contributed by atoms with Crippen LogP contribution < -0.4 is 10.6 Å². The van der Waals surface area contributed by atoms with Crippen molar-refractivity contribution in [2.75, 3.05) is 10.6 Å². The summed E-state index contributed by atoms with van der Waals surface area (Å²) in [6.45, 7) is 1.38. The summed E-state index contributed by atoms with van der Waals surface area (Å²) in [5.41, 5.74) is 0.947. The van der Waals surface area contributed by atoms with E-state index < -0.39 is 17.8 Å². The molecule has 1 aromatic carbocycles. The molecule has 0 radical (unpaired) electrons. The third kappa shape index (κ3) is 3.72. The van der Waals surface area contributed by atoms with Crippen molar-refractivity contribution in [3.63, 3.8) is 0 Å². The van der Waals surface area contributed by atoms with Gasteiger partial charge in [-0.3, -0.25) is 14.4 Å². The average molecular weight is 302 g/mol. The molecule has 6 nitrogen and oxygen atoms in total. The van der Waals surface area contributed by atoms with E-state index in [1.807, 2.05) is 6.08 Å². The molecule has 0 heterocycles. The molecular weight excluding hydrogens is 284 g/mol. The first kappa shape index (κ1) is 15.8. The Kier molecular flexibility index (Phi) is 4.93. The van der Waals surface area contributed by atoms with Crippen molar-refractivity contribution in [3.8, 4) is 0 Å². The average Bonchev–Trinajstić information content (AvgIpc) is 2.48. The van der Waals surface area contributed by atoms with Crippen LogP contribution >= 0.6 is 0 Å². The zero-order chi connectivity index (χ0) is 16.1. The van der Waals surface area contributed by atoms with E-state index in [1.165, 1.54) is 6.92 Å². The summed E-state index contributed by atoms with van der Waals surface area (Å²) in [7, 11) is 0. The summed E-state index contributed by atoms with van der Waals surface area (Å²) in [5.74, 6) is -2.91. The highest BCUT2D eigenvalue weighted by Crippen LogP contribution is 2.29. The second kappa shape index (κ2) is 6.89. The number of aliphatic carboxylic acids is 1. The van der Waals surface area contributed by atoms with Crippen LogP contribution in [0.5, 0.6) is 0 Å². The van der Waals surface area contributed by atoms with Gasteiger partial charge in [0.2, 0.25) is 11.8 Å². The fourth-order valence-corrected chi connectivity index (χ4v) is 2.49. The van der Waals surface area contributed by atoms with Crippen LogP contribution in [0.3, 0.4) is 0 Å². The van der Waals surface area contributed by atoms with E-state index >= 15 is 0 Å². The van der Waals surface area contributed by atoms with Gasteiger partial charge in [-0.2, -0.15) is 0 Å². The molecule has 0 saturated carbocycles. The van der Waals surface area contributed by atoms with Crippen LogP contribution in [0.2, 0.25) is 0 Å². The van der Waals surface area contributed by atoms with Gasteiger partial charge in [0.05, 0.1) is 23.2 Å². The van der Waals surface area contributed by atoms with Crippen molar-refractivity contribution in [1.82, 2.24) is 0 Å². The Balaban J connectivity index is 2.16. The molecule has 116 valence electrons. The number of rotatable bonds is 4. The highest BCUT2D eigenvalue weighted by atomic mass is 16.4. The quantitative estimate of drug-likeness (QED) is 0.743. The molecular formula is C16H18N2O4. The highest BCUT2D eigenvalue weighted by Gasteiger charge is 2.34. The number of allylic oxidation sites excluding steroid dienone is 2. The number of carboxylic acid groups (broad SMARTS) is 1.